The quantitative estimate of drug-likeness (QED) is 0.447. The van der Waals surface area contributed by atoms with Crippen LogP contribution in [0.1, 0.15) is 11.5 Å². The molecule has 0 aliphatic carbocycles. The van der Waals surface area contributed by atoms with Crippen molar-refractivity contribution in [3.63, 3.8) is 0 Å². The molecule has 0 spiro atoms. The minimum Gasteiger partial charge on any atom is -0.337 e. The summed E-state index contributed by atoms with van der Waals surface area (Å²) in [5.41, 5.74) is 2.01. The molecule has 5 aromatic rings. The zero-order valence-corrected chi connectivity index (χ0v) is 16.8. The maximum absolute atomic E-state index is 13.4. The average Bonchev–Trinajstić information content (AvgIpc) is 3.43. The van der Waals surface area contributed by atoms with Gasteiger partial charge in [0.1, 0.15) is 11.2 Å². The highest BCUT2D eigenvalue weighted by Gasteiger charge is 2.19. The fourth-order valence-electron chi connectivity index (χ4n) is 3.43. The third-order valence-electron chi connectivity index (χ3n) is 4.90. The third kappa shape index (κ3) is 2.98. The highest BCUT2D eigenvalue weighted by molar-refractivity contribution is 7.17. The van der Waals surface area contributed by atoms with Crippen LogP contribution >= 0.6 is 11.3 Å². The van der Waals surface area contributed by atoms with Gasteiger partial charge in [-0.1, -0.05) is 53.7 Å². The molecular formula is C22H16N4O3S. The molecule has 0 bridgehead atoms. The number of nitrogens with zero attached hydrogens (tertiary/aromatic N) is 4. The van der Waals surface area contributed by atoms with E-state index in [2.05, 4.69) is 10.1 Å². The van der Waals surface area contributed by atoms with Gasteiger partial charge >= 0.3 is 5.69 Å². The van der Waals surface area contributed by atoms with Gasteiger partial charge in [0.2, 0.25) is 11.7 Å². The van der Waals surface area contributed by atoms with E-state index in [1.165, 1.54) is 20.5 Å². The molecule has 0 radical (unpaired) electrons. The lowest BCUT2D eigenvalue weighted by Crippen LogP contribution is -2.39. The molecule has 0 aliphatic heterocycles. The monoisotopic (exact) mass is 416 g/mol. The molecule has 0 aliphatic rings. The van der Waals surface area contributed by atoms with Crippen molar-refractivity contribution in [3.8, 4) is 17.1 Å². The number of para-hydroxylation sites is 1. The molecule has 3 heterocycles. The van der Waals surface area contributed by atoms with E-state index >= 15 is 0 Å². The molecule has 7 nitrogen and oxygen atoms in total. The third-order valence-corrected chi connectivity index (χ3v) is 5.80. The Hall–Kier alpha value is -3.78. The first-order valence-electron chi connectivity index (χ1n) is 9.30. The summed E-state index contributed by atoms with van der Waals surface area (Å²) in [4.78, 5) is 30.9. The van der Waals surface area contributed by atoms with E-state index in [4.69, 9.17) is 4.52 Å². The zero-order chi connectivity index (χ0) is 20.7. The van der Waals surface area contributed by atoms with Crippen molar-refractivity contribution in [1.82, 2.24) is 19.3 Å². The van der Waals surface area contributed by atoms with Crippen LogP contribution in [0.2, 0.25) is 0 Å². The molecule has 8 heteroatoms. The van der Waals surface area contributed by atoms with Gasteiger partial charge in [0, 0.05) is 5.56 Å². The Morgan fingerprint density at radius 3 is 2.57 bits per heavy atom. The molecule has 3 aromatic heterocycles. The van der Waals surface area contributed by atoms with Crippen LogP contribution in [0.5, 0.6) is 0 Å². The Labute approximate surface area is 174 Å². The number of fused-ring (bicyclic) bond motifs is 1. The number of hydrogen-bond acceptors (Lipinski definition) is 6. The largest absolute Gasteiger partial charge is 0.337 e. The van der Waals surface area contributed by atoms with Gasteiger partial charge in [-0.25, -0.2) is 9.36 Å². The minimum atomic E-state index is -0.445. The summed E-state index contributed by atoms with van der Waals surface area (Å²) in [5, 5.41) is 5.82. The molecule has 148 valence electrons. The van der Waals surface area contributed by atoms with Crippen molar-refractivity contribution in [3.05, 3.63) is 98.3 Å². The molecule has 0 saturated carbocycles. The van der Waals surface area contributed by atoms with Crippen LogP contribution < -0.4 is 11.2 Å². The van der Waals surface area contributed by atoms with Crippen LogP contribution in [0.3, 0.4) is 0 Å². The maximum Gasteiger partial charge on any atom is 0.336 e. The molecule has 2 aromatic carbocycles. The fraction of sp³-hybridized carbons (Fsp3) is 0.0909. The van der Waals surface area contributed by atoms with Gasteiger partial charge in [0.15, 0.2) is 0 Å². The van der Waals surface area contributed by atoms with Gasteiger partial charge in [-0.3, -0.25) is 9.36 Å². The Kier molecular flexibility index (Phi) is 4.40. The van der Waals surface area contributed by atoms with Crippen molar-refractivity contribution in [2.45, 2.75) is 13.5 Å². The highest BCUT2D eigenvalue weighted by Crippen LogP contribution is 2.19. The van der Waals surface area contributed by atoms with Gasteiger partial charge < -0.3 is 4.52 Å². The van der Waals surface area contributed by atoms with E-state index in [-0.39, 0.29) is 12.1 Å². The average molecular weight is 416 g/mol. The predicted octanol–water partition coefficient (Wildman–Crippen LogP) is 3.62. The summed E-state index contributed by atoms with van der Waals surface area (Å²) in [6.07, 6.45) is 0. The van der Waals surface area contributed by atoms with E-state index < -0.39 is 5.69 Å². The van der Waals surface area contributed by atoms with Crippen molar-refractivity contribution in [2.75, 3.05) is 0 Å². The van der Waals surface area contributed by atoms with Gasteiger partial charge in [0.05, 0.1) is 11.2 Å². The van der Waals surface area contributed by atoms with E-state index in [1.807, 2.05) is 49.4 Å². The van der Waals surface area contributed by atoms with Crippen molar-refractivity contribution >= 4 is 21.6 Å². The summed E-state index contributed by atoms with van der Waals surface area (Å²) >= 11 is 1.30. The number of benzene rings is 2. The molecule has 0 unspecified atom stereocenters. The van der Waals surface area contributed by atoms with Gasteiger partial charge in [-0.2, -0.15) is 4.98 Å². The van der Waals surface area contributed by atoms with E-state index in [0.717, 1.165) is 11.1 Å². The lowest BCUT2D eigenvalue weighted by molar-refractivity contribution is 0.370. The van der Waals surface area contributed by atoms with Gasteiger partial charge in [-0.05, 0) is 30.0 Å². The van der Waals surface area contributed by atoms with Gasteiger partial charge in [-0.15, -0.1) is 11.3 Å². The Morgan fingerprint density at radius 1 is 1.00 bits per heavy atom. The van der Waals surface area contributed by atoms with Gasteiger partial charge in [0.25, 0.3) is 5.56 Å². The first kappa shape index (κ1) is 18.3. The van der Waals surface area contributed by atoms with E-state index in [0.29, 0.717) is 27.6 Å². The van der Waals surface area contributed by atoms with Crippen LogP contribution in [-0.4, -0.2) is 19.3 Å². The summed E-state index contributed by atoms with van der Waals surface area (Å²) < 4.78 is 8.61. The smallest absolute Gasteiger partial charge is 0.336 e. The molecule has 5 rings (SSSR count). The molecule has 0 saturated heterocycles. The minimum absolute atomic E-state index is 0.0675. The van der Waals surface area contributed by atoms with E-state index in [1.54, 1.807) is 23.6 Å². The molecule has 0 fully saturated rings. The Morgan fingerprint density at radius 2 is 1.77 bits per heavy atom. The lowest BCUT2D eigenvalue weighted by atomic mass is 10.2. The Balaban J connectivity index is 1.66. The molecular weight excluding hydrogens is 400 g/mol. The maximum atomic E-state index is 13.4. The molecule has 0 atom stereocenters. The second kappa shape index (κ2) is 7.23. The van der Waals surface area contributed by atoms with Crippen molar-refractivity contribution in [1.29, 1.82) is 0 Å². The normalized spacial score (nSPS) is 11.2. The zero-order valence-electron chi connectivity index (χ0n) is 16.0. The summed E-state index contributed by atoms with van der Waals surface area (Å²) in [6.45, 7) is 1.94. The number of aryl methyl sites for hydroxylation is 1. The van der Waals surface area contributed by atoms with Crippen molar-refractivity contribution < 1.29 is 4.52 Å². The second-order valence-corrected chi connectivity index (χ2v) is 7.72. The molecule has 0 amide bonds. The summed E-state index contributed by atoms with van der Waals surface area (Å²) in [7, 11) is 0. The van der Waals surface area contributed by atoms with Crippen LogP contribution in [0, 0.1) is 6.92 Å². The SMILES string of the molecule is Cc1ccccc1-n1c(=O)c2sccc2n(Cc2nc(-c3ccccc3)no2)c1=O. The first-order valence-corrected chi connectivity index (χ1v) is 10.2. The Bertz CT molecular complexity index is 1480. The summed E-state index contributed by atoms with van der Waals surface area (Å²) in [6, 6.07) is 18.5. The predicted molar refractivity (Wildman–Crippen MR) is 115 cm³/mol. The standard InChI is InChI=1S/C22H16N4O3S/c1-14-7-5-6-10-16(14)26-21(27)19-17(11-12-30-19)25(22(26)28)13-18-23-20(24-29-18)15-8-3-2-4-9-15/h2-12H,13H2,1H3. The number of thiophene rings is 1. The molecule has 30 heavy (non-hydrogen) atoms. The topological polar surface area (TPSA) is 82.9 Å². The number of rotatable bonds is 4. The van der Waals surface area contributed by atoms with Crippen LogP contribution in [0.4, 0.5) is 0 Å². The molecule has 0 N–H and O–H groups in total. The van der Waals surface area contributed by atoms with Crippen LogP contribution in [0.15, 0.2) is 80.2 Å². The van der Waals surface area contributed by atoms with Crippen molar-refractivity contribution in [2.24, 2.45) is 0 Å². The number of hydrogen-bond donors (Lipinski definition) is 0. The lowest BCUT2D eigenvalue weighted by Gasteiger charge is -2.12. The number of aromatic nitrogens is 4. The highest BCUT2D eigenvalue weighted by atomic mass is 32.1. The summed E-state index contributed by atoms with van der Waals surface area (Å²) in [5.74, 6) is 0.742. The first-order chi connectivity index (χ1) is 14.6. The van der Waals surface area contributed by atoms with E-state index in [9.17, 15) is 9.59 Å². The second-order valence-electron chi connectivity index (χ2n) is 6.81. The van der Waals surface area contributed by atoms with Crippen LogP contribution in [0.25, 0.3) is 27.3 Å². The fourth-order valence-corrected chi connectivity index (χ4v) is 4.25. The van der Waals surface area contributed by atoms with Crippen LogP contribution in [-0.2, 0) is 6.54 Å².